The van der Waals surface area contributed by atoms with E-state index in [2.05, 4.69) is 21.7 Å². The molecule has 2 N–H and O–H groups in total. The van der Waals surface area contributed by atoms with E-state index in [1.807, 2.05) is 30.6 Å². The first-order valence-corrected chi connectivity index (χ1v) is 5.10. The molecule has 2 rings (SSSR count). The Bertz CT molecular complexity index is 409. The van der Waals surface area contributed by atoms with Crippen molar-refractivity contribution in [2.24, 2.45) is 0 Å². The van der Waals surface area contributed by atoms with Crippen LogP contribution >= 0.6 is 0 Å². The second kappa shape index (κ2) is 4.75. The van der Waals surface area contributed by atoms with Gasteiger partial charge in [-0.15, -0.1) is 0 Å². The number of H-pyrrole nitrogens is 1. The maximum atomic E-state index is 8.90. The predicted molar refractivity (Wildman–Crippen MR) is 57.3 cm³/mol. The standard InChI is InChI=1S/C12H14N2O/c15-9-6-12-13-7-8-14(12)10-11-4-2-1-3-5-11/h1-5,7-8,15H,6,9-10H2/p+1. The second-order valence-electron chi connectivity index (χ2n) is 3.49. The summed E-state index contributed by atoms with van der Waals surface area (Å²) in [4.78, 5) is 3.13. The van der Waals surface area contributed by atoms with Gasteiger partial charge in [0, 0.05) is 0 Å². The van der Waals surface area contributed by atoms with Gasteiger partial charge in [-0.25, -0.2) is 9.55 Å². The lowest BCUT2D eigenvalue weighted by molar-refractivity contribution is -0.694. The van der Waals surface area contributed by atoms with Crippen LogP contribution in [0.4, 0.5) is 0 Å². The first-order chi connectivity index (χ1) is 7.40. The summed E-state index contributed by atoms with van der Waals surface area (Å²) in [7, 11) is 0. The zero-order chi connectivity index (χ0) is 10.5. The summed E-state index contributed by atoms with van der Waals surface area (Å²) in [6, 6.07) is 10.3. The SMILES string of the molecule is OCCc1[nH]cc[n+]1Cc1ccccc1. The summed E-state index contributed by atoms with van der Waals surface area (Å²) in [5.41, 5.74) is 1.27. The molecule has 0 amide bonds. The molecular weight excluding hydrogens is 188 g/mol. The first-order valence-electron chi connectivity index (χ1n) is 5.10. The van der Waals surface area contributed by atoms with Crippen LogP contribution in [-0.4, -0.2) is 16.7 Å². The largest absolute Gasteiger partial charge is 0.396 e. The Hall–Kier alpha value is -1.61. The summed E-state index contributed by atoms with van der Waals surface area (Å²) < 4.78 is 2.12. The molecule has 0 fully saturated rings. The van der Waals surface area contributed by atoms with Crippen molar-refractivity contribution in [1.29, 1.82) is 0 Å². The van der Waals surface area contributed by atoms with Crippen LogP contribution in [0.15, 0.2) is 42.7 Å². The number of nitrogens with one attached hydrogen (secondary N) is 1. The van der Waals surface area contributed by atoms with Crippen LogP contribution in [0.3, 0.4) is 0 Å². The smallest absolute Gasteiger partial charge is 0.256 e. The van der Waals surface area contributed by atoms with E-state index in [9.17, 15) is 0 Å². The summed E-state index contributed by atoms with van der Waals surface area (Å²) in [5.74, 6) is 1.06. The van der Waals surface area contributed by atoms with E-state index in [-0.39, 0.29) is 6.61 Å². The van der Waals surface area contributed by atoms with Crippen LogP contribution < -0.4 is 4.57 Å². The fraction of sp³-hybridized carbons (Fsp3) is 0.250. The minimum absolute atomic E-state index is 0.176. The average Bonchev–Trinajstić information content (AvgIpc) is 2.68. The van der Waals surface area contributed by atoms with Crippen molar-refractivity contribution in [3.05, 3.63) is 54.1 Å². The molecule has 0 unspecified atom stereocenters. The first kappa shape index (κ1) is 9.93. The van der Waals surface area contributed by atoms with Gasteiger partial charge in [0.1, 0.15) is 18.9 Å². The lowest BCUT2D eigenvalue weighted by Crippen LogP contribution is -2.37. The van der Waals surface area contributed by atoms with Crippen molar-refractivity contribution < 1.29 is 9.67 Å². The van der Waals surface area contributed by atoms with Gasteiger partial charge in [-0.1, -0.05) is 30.3 Å². The molecule has 0 bridgehead atoms. The van der Waals surface area contributed by atoms with Crippen LogP contribution in [0.1, 0.15) is 11.4 Å². The van der Waals surface area contributed by atoms with E-state index in [1.165, 1.54) is 5.56 Å². The van der Waals surface area contributed by atoms with Crippen LogP contribution in [0, 0.1) is 0 Å². The highest BCUT2D eigenvalue weighted by Gasteiger charge is 2.09. The highest BCUT2D eigenvalue weighted by molar-refractivity contribution is 5.13. The Balaban J connectivity index is 2.14. The van der Waals surface area contributed by atoms with Gasteiger partial charge in [-0.3, -0.25) is 0 Å². The number of hydrogen-bond acceptors (Lipinski definition) is 1. The fourth-order valence-corrected chi connectivity index (χ4v) is 1.65. The van der Waals surface area contributed by atoms with Crippen molar-refractivity contribution >= 4 is 0 Å². The van der Waals surface area contributed by atoms with Crippen molar-refractivity contribution in [3.63, 3.8) is 0 Å². The summed E-state index contributed by atoms with van der Waals surface area (Å²) in [6.45, 7) is 1.02. The summed E-state index contributed by atoms with van der Waals surface area (Å²) in [5, 5.41) is 8.90. The molecule has 1 aromatic carbocycles. The van der Waals surface area contributed by atoms with Crippen molar-refractivity contribution in [3.8, 4) is 0 Å². The van der Waals surface area contributed by atoms with Crippen LogP contribution in [0.5, 0.6) is 0 Å². The van der Waals surface area contributed by atoms with E-state index in [1.54, 1.807) is 0 Å². The van der Waals surface area contributed by atoms with E-state index in [4.69, 9.17) is 5.11 Å². The molecule has 0 saturated carbocycles. The molecule has 0 aliphatic carbocycles. The quantitative estimate of drug-likeness (QED) is 0.712. The highest BCUT2D eigenvalue weighted by atomic mass is 16.3. The third-order valence-corrected chi connectivity index (χ3v) is 2.40. The monoisotopic (exact) mass is 203 g/mol. The number of benzene rings is 1. The van der Waals surface area contributed by atoms with Crippen molar-refractivity contribution in [2.75, 3.05) is 6.61 Å². The Morgan fingerprint density at radius 2 is 2.00 bits per heavy atom. The Morgan fingerprint density at radius 3 is 2.73 bits per heavy atom. The van der Waals surface area contributed by atoms with Crippen LogP contribution in [-0.2, 0) is 13.0 Å². The van der Waals surface area contributed by atoms with Gasteiger partial charge in [0.25, 0.3) is 5.82 Å². The maximum Gasteiger partial charge on any atom is 0.256 e. The molecule has 3 nitrogen and oxygen atoms in total. The molecular formula is C12H15N2O+. The molecule has 0 aliphatic rings. The van der Waals surface area contributed by atoms with E-state index >= 15 is 0 Å². The number of imidazole rings is 1. The van der Waals surface area contributed by atoms with Gasteiger partial charge in [0.05, 0.1) is 13.0 Å². The molecule has 0 aliphatic heterocycles. The summed E-state index contributed by atoms with van der Waals surface area (Å²) >= 11 is 0. The summed E-state index contributed by atoms with van der Waals surface area (Å²) in [6.07, 6.45) is 4.56. The van der Waals surface area contributed by atoms with Crippen molar-refractivity contribution in [2.45, 2.75) is 13.0 Å². The van der Waals surface area contributed by atoms with Gasteiger partial charge in [-0.2, -0.15) is 0 Å². The number of aromatic amines is 1. The number of rotatable bonds is 4. The lowest BCUT2D eigenvalue weighted by atomic mass is 10.2. The second-order valence-corrected chi connectivity index (χ2v) is 3.49. The predicted octanol–water partition coefficient (Wildman–Crippen LogP) is 0.885. The minimum atomic E-state index is 0.176. The lowest BCUT2D eigenvalue weighted by Gasteiger charge is -2.00. The van der Waals surface area contributed by atoms with Gasteiger partial charge in [0.2, 0.25) is 0 Å². The third kappa shape index (κ3) is 2.44. The molecule has 0 atom stereocenters. The number of aliphatic hydroxyl groups excluding tert-OH is 1. The normalized spacial score (nSPS) is 10.5. The van der Waals surface area contributed by atoms with Crippen LogP contribution in [0.25, 0.3) is 0 Å². The minimum Gasteiger partial charge on any atom is -0.396 e. The van der Waals surface area contributed by atoms with E-state index < -0.39 is 0 Å². The van der Waals surface area contributed by atoms with Gasteiger partial charge < -0.3 is 5.11 Å². The molecule has 0 radical (unpaired) electrons. The average molecular weight is 203 g/mol. The number of hydrogen-bond donors (Lipinski definition) is 2. The maximum absolute atomic E-state index is 8.90. The van der Waals surface area contributed by atoms with Crippen LogP contribution in [0.2, 0.25) is 0 Å². The molecule has 0 saturated heterocycles. The molecule has 78 valence electrons. The molecule has 1 heterocycles. The third-order valence-electron chi connectivity index (χ3n) is 2.40. The number of nitrogens with zero attached hydrogens (tertiary/aromatic N) is 1. The zero-order valence-electron chi connectivity index (χ0n) is 8.56. The fourth-order valence-electron chi connectivity index (χ4n) is 1.65. The molecule has 15 heavy (non-hydrogen) atoms. The van der Waals surface area contributed by atoms with Gasteiger partial charge in [-0.05, 0) is 5.56 Å². The van der Waals surface area contributed by atoms with E-state index in [0.717, 1.165) is 12.4 Å². The number of aliphatic hydroxyl groups is 1. The topological polar surface area (TPSA) is 39.9 Å². The highest BCUT2D eigenvalue weighted by Crippen LogP contribution is 1.98. The molecule has 2 aromatic rings. The van der Waals surface area contributed by atoms with Gasteiger partial charge in [0.15, 0.2) is 0 Å². The molecule has 0 spiro atoms. The Kier molecular flexibility index (Phi) is 3.15. The van der Waals surface area contributed by atoms with E-state index in [0.29, 0.717) is 6.42 Å². The molecule has 3 heteroatoms. The van der Waals surface area contributed by atoms with Crippen molar-refractivity contribution in [1.82, 2.24) is 4.98 Å². The molecule has 1 aromatic heterocycles. The number of aromatic nitrogens is 2. The Labute approximate surface area is 89.0 Å². The Morgan fingerprint density at radius 1 is 1.20 bits per heavy atom. The van der Waals surface area contributed by atoms with Gasteiger partial charge >= 0.3 is 0 Å². The zero-order valence-corrected chi connectivity index (χ0v) is 8.56.